The number of nitrogens with two attached hydrogens (primary N) is 1. The van der Waals surface area contributed by atoms with Crippen LogP contribution in [0.1, 0.15) is 0 Å². The van der Waals surface area contributed by atoms with Crippen LogP contribution in [-0.2, 0) is 22.7 Å². The molecule has 8 heteroatoms. The lowest BCUT2D eigenvalue weighted by Gasteiger charge is -1.99. The van der Waals surface area contributed by atoms with E-state index >= 15 is 0 Å². The summed E-state index contributed by atoms with van der Waals surface area (Å²) in [5, 5.41) is 9.18. The SMILES string of the molecule is NC(=O)Cn1c(=O)n(CC(=O)O)c2cc(Cl)ccc21. The number of nitrogens with zero attached hydrogens (tertiary/aromatic N) is 2. The van der Waals surface area contributed by atoms with E-state index < -0.39 is 24.1 Å². The Bertz CT molecular complexity index is 731. The molecule has 0 fully saturated rings. The van der Waals surface area contributed by atoms with Crippen molar-refractivity contribution < 1.29 is 14.7 Å². The van der Waals surface area contributed by atoms with Crippen molar-refractivity contribution in [2.75, 3.05) is 0 Å². The van der Waals surface area contributed by atoms with Gasteiger partial charge in [0.25, 0.3) is 0 Å². The van der Waals surface area contributed by atoms with Crippen molar-refractivity contribution in [2.45, 2.75) is 13.1 Å². The molecular formula is C11H10ClN3O4. The molecular weight excluding hydrogens is 274 g/mol. The number of hydrogen-bond acceptors (Lipinski definition) is 3. The Labute approximate surface area is 111 Å². The van der Waals surface area contributed by atoms with Gasteiger partial charge in [0.15, 0.2) is 0 Å². The molecule has 3 N–H and O–H groups in total. The van der Waals surface area contributed by atoms with Gasteiger partial charge in [-0.05, 0) is 18.2 Å². The van der Waals surface area contributed by atoms with E-state index in [2.05, 4.69) is 0 Å². The Morgan fingerprint density at radius 3 is 2.42 bits per heavy atom. The summed E-state index contributed by atoms with van der Waals surface area (Å²) in [6.45, 7) is -0.828. The molecule has 2 rings (SSSR count). The molecule has 0 aliphatic heterocycles. The van der Waals surface area contributed by atoms with E-state index in [-0.39, 0.29) is 6.54 Å². The molecule has 0 saturated carbocycles. The van der Waals surface area contributed by atoms with Gasteiger partial charge in [-0.25, -0.2) is 4.79 Å². The minimum Gasteiger partial charge on any atom is -0.480 e. The maximum absolute atomic E-state index is 12.1. The molecule has 1 heterocycles. The molecule has 0 bridgehead atoms. The summed E-state index contributed by atoms with van der Waals surface area (Å²) in [5.41, 5.74) is 5.22. The smallest absolute Gasteiger partial charge is 0.330 e. The number of carbonyl (C=O) groups excluding carboxylic acids is 1. The average molecular weight is 284 g/mol. The van der Waals surface area contributed by atoms with E-state index in [0.29, 0.717) is 16.1 Å². The lowest BCUT2D eigenvalue weighted by molar-refractivity contribution is -0.137. The van der Waals surface area contributed by atoms with Gasteiger partial charge in [0.2, 0.25) is 5.91 Å². The summed E-state index contributed by atoms with van der Waals surface area (Å²) in [6.07, 6.45) is 0. The summed E-state index contributed by atoms with van der Waals surface area (Å²) >= 11 is 5.83. The Morgan fingerprint density at radius 1 is 1.21 bits per heavy atom. The zero-order valence-electron chi connectivity index (χ0n) is 9.67. The third-order valence-corrected chi connectivity index (χ3v) is 2.82. The van der Waals surface area contributed by atoms with Crippen molar-refractivity contribution in [3.05, 3.63) is 33.7 Å². The first-order valence-corrected chi connectivity index (χ1v) is 5.66. The Hall–Kier alpha value is -2.28. The van der Waals surface area contributed by atoms with Gasteiger partial charge in [0.05, 0.1) is 11.0 Å². The third-order valence-electron chi connectivity index (χ3n) is 2.59. The highest BCUT2D eigenvalue weighted by atomic mass is 35.5. The van der Waals surface area contributed by atoms with Crippen LogP contribution in [0.25, 0.3) is 11.0 Å². The molecule has 19 heavy (non-hydrogen) atoms. The van der Waals surface area contributed by atoms with E-state index in [1.165, 1.54) is 6.07 Å². The maximum Gasteiger partial charge on any atom is 0.330 e. The summed E-state index contributed by atoms with van der Waals surface area (Å²) in [4.78, 5) is 33.8. The molecule has 2 aromatic rings. The topological polar surface area (TPSA) is 107 Å². The van der Waals surface area contributed by atoms with Gasteiger partial charge in [0.1, 0.15) is 13.1 Å². The van der Waals surface area contributed by atoms with Crippen LogP contribution in [0, 0.1) is 0 Å². The third kappa shape index (κ3) is 2.45. The number of hydrogen-bond donors (Lipinski definition) is 2. The number of aromatic nitrogens is 2. The minimum atomic E-state index is -1.17. The van der Waals surface area contributed by atoms with Crippen molar-refractivity contribution in [1.29, 1.82) is 0 Å². The summed E-state index contributed by atoms with van der Waals surface area (Å²) in [7, 11) is 0. The number of fused-ring (bicyclic) bond motifs is 1. The van der Waals surface area contributed by atoms with Gasteiger partial charge in [-0.15, -0.1) is 0 Å². The van der Waals surface area contributed by atoms with Crippen LogP contribution in [0.15, 0.2) is 23.0 Å². The number of benzene rings is 1. The van der Waals surface area contributed by atoms with Crippen molar-refractivity contribution in [3.8, 4) is 0 Å². The molecule has 1 aromatic heterocycles. The fraction of sp³-hybridized carbons (Fsp3) is 0.182. The molecule has 1 amide bonds. The number of halogens is 1. The van der Waals surface area contributed by atoms with Gasteiger partial charge < -0.3 is 10.8 Å². The quantitative estimate of drug-likeness (QED) is 0.825. The molecule has 0 atom stereocenters. The van der Waals surface area contributed by atoms with Crippen LogP contribution in [0.2, 0.25) is 5.02 Å². The van der Waals surface area contributed by atoms with Gasteiger partial charge in [0, 0.05) is 5.02 Å². The number of aliphatic carboxylic acids is 1. The molecule has 0 spiro atoms. The molecule has 7 nitrogen and oxygen atoms in total. The predicted molar refractivity (Wildman–Crippen MR) is 68.0 cm³/mol. The zero-order chi connectivity index (χ0) is 14.2. The van der Waals surface area contributed by atoms with Crippen molar-refractivity contribution in [3.63, 3.8) is 0 Å². The van der Waals surface area contributed by atoms with Crippen LogP contribution in [-0.4, -0.2) is 26.1 Å². The largest absolute Gasteiger partial charge is 0.480 e. The van der Waals surface area contributed by atoms with E-state index in [4.69, 9.17) is 22.4 Å². The number of carboxylic acid groups (broad SMARTS) is 1. The number of primary amides is 1. The van der Waals surface area contributed by atoms with Crippen LogP contribution >= 0.6 is 11.6 Å². The van der Waals surface area contributed by atoms with Gasteiger partial charge in [-0.3, -0.25) is 18.7 Å². The monoisotopic (exact) mass is 283 g/mol. The first kappa shape index (κ1) is 13.2. The molecule has 0 saturated heterocycles. The number of carbonyl (C=O) groups is 2. The number of rotatable bonds is 4. The van der Waals surface area contributed by atoms with Crippen molar-refractivity contribution >= 4 is 34.5 Å². The molecule has 0 radical (unpaired) electrons. The minimum absolute atomic E-state index is 0.316. The van der Waals surface area contributed by atoms with E-state index in [1.807, 2.05) is 0 Å². The Morgan fingerprint density at radius 2 is 1.84 bits per heavy atom. The first-order valence-electron chi connectivity index (χ1n) is 5.29. The van der Waals surface area contributed by atoms with Crippen LogP contribution in [0.4, 0.5) is 0 Å². The second-order valence-electron chi connectivity index (χ2n) is 3.95. The van der Waals surface area contributed by atoms with Gasteiger partial charge in [-0.2, -0.15) is 0 Å². The highest BCUT2D eigenvalue weighted by molar-refractivity contribution is 6.31. The highest BCUT2D eigenvalue weighted by Crippen LogP contribution is 2.18. The second kappa shape index (κ2) is 4.77. The summed E-state index contributed by atoms with van der Waals surface area (Å²) in [6, 6.07) is 4.56. The maximum atomic E-state index is 12.1. The molecule has 0 unspecified atom stereocenters. The Balaban J connectivity index is 2.75. The fourth-order valence-electron chi connectivity index (χ4n) is 1.89. The summed E-state index contributed by atoms with van der Waals surface area (Å²) < 4.78 is 2.16. The standard InChI is InChI=1S/C11H10ClN3O4/c12-6-1-2-7-8(3-6)15(5-10(17)18)11(19)14(7)4-9(13)16/h1-3H,4-5H2,(H2,13,16)(H,17,18). The van der Waals surface area contributed by atoms with Crippen molar-refractivity contribution in [2.24, 2.45) is 5.73 Å². The summed E-state index contributed by atoms with van der Waals surface area (Å²) in [5.74, 6) is -1.85. The molecule has 0 aliphatic rings. The predicted octanol–water partition coefficient (Wildman–Crippen LogP) is 0.0263. The Kier molecular flexibility index (Phi) is 3.30. The van der Waals surface area contributed by atoms with Crippen molar-refractivity contribution in [1.82, 2.24) is 9.13 Å². The number of carboxylic acids is 1. The van der Waals surface area contributed by atoms with Crippen LogP contribution in [0.5, 0.6) is 0 Å². The number of amides is 1. The van der Waals surface area contributed by atoms with Gasteiger partial charge >= 0.3 is 11.7 Å². The second-order valence-corrected chi connectivity index (χ2v) is 4.38. The first-order chi connectivity index (χ1) is 8.90. The zero-order valence-corrected chi connectivity index (χ0v) is 10.4. The number of imidazole rings is 1. The average Bonchev–Trinajstić information content (AvgIpc) is 2.53. The molecule has 0 aliphatic carbocycles. The van der Waals surface area contributed by atoms with E-state index in [0.717, 1.165) is 9.13 Å². The lowest BCUT2D eigenvalue weighted by Crippen LogP contribution is -2.31. The van der Waals surface area contributed by atoms with Crippen LogP contribution < -0.4 is 11.4 Å². The normalized spacial score (nSPS) is 10.8. The van der Waals surface area contributed by atoms with E-state index in [1.54, 1.807) is 12.1 Å². The van der Waals surface area contributed by atoms with E-state index in [9.17, 15) is 14.4 Å². The molecule has 1 aromatic carbocycles. The molecule has 100 valence electrons. The van der Waals surface area contributed by atoms with Gasteiger partial charge in [-0.1, -0.05) is 11.6 Å². The fourth-order valence-corrected chi connectivity index (χ4v) is 2.06. The highest BCUT2D eigenvalue weighted by Gasteiger charge is 2.16. The lowest BCUT2D eigenvalue weighted by atomic mass is 10.3. The van der Waals surface area contributed by atoms with Crippen LogP contribution in [0.3, 0.4) is 0 Å².